The first-order valence-corrected chi connectivity index (χ1v) is 4.96. The smallest absolute Gasteiger partial charge is 0.323 e. The minimum atomic E-state index is -1.04. The minimum absolute atomic E-state index is 0.116. The zero-order chi connectivity index (χ0) is 10.9. The number of carboxylic acid groups (broad SMARTS) is 1. The molecule has 0 spiro atoms. The molecule has 0 amide bonds. The first-order valence-electron chi connectivity index (χ1n) is 3.73. The average Bonchev–Trinajstić information content (AvgIpc) is 2.31. The van der Waals surface area contributed by atoms with Gasteiger partial charge in [-0.15, -0.1) is 11.3 Å². The summed E-state index contributed by atoms with van der Waals surface area (Å²) in [4.78, 5) is 11.0. The third-order valence-electron chi connectivity index (χ3n) is 1.55. The molecule has 6 heteroatoms. The molecule has 0 unspecified atom stereocenters. The number of carbonyl (C=O) groups is 1. The molecule has 0 radical (unpaired) electrons. The van der Waals surface area contributed by atoms with Crippen molar-refractivity contribution in [3.8, 4) is 5.88 Å². The van der Waals surface area contributed by atoms with E-state index in [9.17, 15) is 9.90 Å². The Morgan fingerprint density at radius 1 is 1.71 bits per heavy atom. The number of hydrogen-bond acceptors (Lipinski definition) is 4. The fraction of sp³-hybridized carbons (Fsp3) is 0.250. The van der Waals surface area contributed by atoms with Crippen LogP contribution in [0, 0.1) is 3.95 Å². The molecule has 4 nitrogen and oxygen atoms in total. The highest BCUT2D eigenvalue weighted by atomic mass is 32.1. The van der Waals surface area contributed by atoms with Crippen LogP contribution >= 0.6 is 23.6 Å². The summed E-state index contributed by atoms with van der Waals surface area (Å²) in [5.41, 5.74) is 0.669. The van der Waals surface area contributed by atoms with Crippen LogP contribution in [-0.4, -0.2) is 20.7 Å². The van der Waals surface area contributed by atoms with Gasteiger partial charge in [0.1, 0.15) is 6.54 Å². The van der Waals surface area contributed by atoms with Crippen molar-refractivity contribution in [2.75, 3.05) is 0 Å². The third kappa shape index (κ3) is 2.02. The highest BCUT2D eigenvalue weighted by Crippen LogP contribution is 2.31. The SMILES string of the molecule is C=C(C)c1sc(=S)n(CC(=O)O)c1O. The number of aliphatic carboxylic acids is 1. The van der Waals surface area contributed by atoms with Crippen molar-refractivity contribution in [1.82, 2.24) is 4.57 Å². The molecule has 0 fully saturated rings. The third-order valence-corrected chi connectivity index (χ3v) is 3.15. The van der Waals surface area contributed by atoms with E-state index in [1.54, 1.807) is 6.92 Å². The van der Waals surface area contributed by atoms with E-state index in [1.165, 1.54) is 4.57 Å². The molecular formula is C8H9NO3S2. The topological polar surface area (TPSA) is 62.5 Å². The van der Waals surface area contributed by atoms with Crippen molar-refractivity contribution >= 4 is 35.1 Å². The highest BCUT2D eigenvalue weighted by Gasteiger charge is 2.13. The van der Waals surface area contributed by atoms with Gasteiger partial charge in [0.15, 0.2) is 3.95 Å². The van der Waals surface area contributed by atoms with Gasteiger partial charge in [-0.1, -0.05) is 6.58 Å². The van der Waals surface area contributed by atoms with Gasteiger partial charge >= 0.3 is 5.97 Å². The minimum Gasteiger partial charge on any atom is -0.493 e. The molecule has 0 aliphatic rings. The van der Waals surface area contributed by atoms with Crippen LogP contribution in [-0.2, 0) is 11.3 Å². The summed E-state index contributed by atoms with van der Waals surface area (Å²) in [6.45, 7) is 5.07. The Morgan fingerprint density at radius 2 is 2.29 bits per heavy atom. The van der Waals surface area contributed by atoms with Gasteiger partial charge in [0, 0.05) is 0 Å². The Kier molecular flexibility index (Phi) is 3.07. The van der Waals surface area contributed by atoms with Crippen molar-refractivity contribution in [3.05, 3.63) is 15.4 Å². The van der Waals surface area contributed by atoms with Crippen LogP contribution < -0.4 is 0 Å². The number of allylic oxidation sites excluding steroid dienone is 1. The molecule has 1 aromatic heterocycles. The lowest BCUT2D eigenvalue weighted by Gasteiger charge is -2.00. The summed E-state index contributed by atoms with van der Waals surface area (Å²) in [6, 6.07) is 0. The zero-order valence-corrected chi connectivity index (χ0v) is 9.11. The second kappa shape index (κ2) is 3.93. The van der Waals surface area contributed by atoms with Crippen LogP contribution in [0.3, 0.4) is 0 Å². The molecule has 0 aliphatic heterocycles. The van der Waals surface area contributed by atoms with Crippen LogP contribution in [0.15, 0.2) is 6.58 Å². The van der Waals surface area contributed by atoms with Crippen molar-refractivity contribution in [3.63, 3.8) is 0 Å². The Hall–Kier alpha value is -1.14. The molecule has 2 N–H and O–H groups in total. The van der Waals surface area contributed by atoms with Crippen molar-refractivity contribution < 1.29 is 15.0 Å². The maximum Gasteiger partial charge on any atom is 0.323 e. The predicted molar refractivity (Wildman–Crippen MR) is 57.2 cm³/mol. The summed E-state index contributed by atoms with van der Waals surface area (Å²) < 4.78 is 1.51. The molecule has 0 saturated heterocycles. The predicted octanol–water partition coefficient (Wildman–Crippen LogP) is 2.10. The fourth-order valence-corrected chi connectivity index (χ4v) is 2.16. The van der Waals surface area contributed by atoms with Gasteiger partial charge in [0.2, 0.25) is 5.88 Å². The van der Waals surface area contributed by atoms with Crippen LogP contribution in [0.2, 0.25) is 0 Å². The summed E-state index contributed by atoms with van der Waals surface area (Å²) in [7, 11) is 0. The number of thiazole rings is 1. The van der Waals surface area contributed by atoms with E-state index in [0.29, 0.717) is 14.4 Å². The maximum atomic E-state index is 10.5. The first-order chi connectivity index (χ1) is 6.43. The molecule has 76 valence electrons. The number of hydrogen-bond donors (Lipinski definition) is 2. The summed E-state index contributed by atoms with van der Waals surface area (Å²) in [5, 5.41) is 18.2. The molecule has 1 heterocycles. The van der Waals surface area contributed by atoms with Crippen LogP contribution in [0.25, 0.3) is 5.57 Å². The van der Waals surface area contributed by atoms with E-state index < -0.39 is 5.97 Å². The van der Waals surface area contributed by atoms with E-state index >= 15 is 0 Å². The van der Waals surface area contributed by atoms with Crippen LogP contribution in [0.5, 0.6) is 5.88 Å². The normalized spacial score (nSPS) is 10.1. The number of aromatic nitrogens is 1. The van der Waals surface area contributed by atoms with E-state index in [1.807, 2.05) is 0 Å². The summed E-state index contributed by atoms with van der Waals surface area (Å²) >= 11 is 6.07. The number of nitrogens with zero attached hydrogens (tertiary/aromatic N) is 1. The molecule has 0 aromatic carbocycles. The second-order valence-electron chi connectivity index (χ2n) is 2.78. The molecule has 0 aliphatic carbocycles. The Morgan fingerprint density at radius 3 is 2.64 bits per heavy atom. The van der Waals surface area contributed by atoms with Gasteiger partial charge in [0.25, 0.3) is 0 Å². The van der Waals surface area contributed by atoms with Gasteiger partial charge in [-0.2, -0.15) is 0 Å². The summed E-state index contributed by atoms with van der Waals surface area (Å²) in [6.07, 6.45) is 0. The molecule has 1 aromatic rings. The van der Waals surface area contributed by atoms with Crippen molar-refractivity contribution in [2.24, 2.45) is 0 Å². The van der Waals surface area contributed by atoms with Gasteiger partial charge in [-0.25, -0.2) is 0 Å². The van der Waals surface area contributed by atoms with E-state index in [-0.39, 0.29) is 12.4 Å². The van der Waals surface area contributed by atoms with Crippen LogP contribution in [0.4, 0.5) is 0 Å². The Bertz CT molecular complexity index is 444. The van der Waals surface area contributed by atoms with E-state index in [0.717, 1.165) is 11.3 Å². The molecule has 0 atom stereocenters. The van der Waals surface area contributed by atoms with Gasteiger partial charge < -0.3 is 10.2 Å². The Labute approximate surface area is 89.7 Å². The van der Waals surface area contributed by atoms with Gasteiger partial charge in [0.05, 0.1) is 4.88 Å². The quantitative estimate of drug-likeness (QED) is 0.782. The lowest BCUT2D eigenvalue weighted by molar-refractivity contribution is -0.137. The van der Waals surface area contributed by atoms with Crippen molar-refractivity contribution in [1.29, 1.82) is 0 Å². The fourth-order valence-electron chi connectivity index (χ4n) is 0.950. The monoisotopic (exact) mass is 231 g/mol. The average molecular weight is 231 g/mol. The number of rotatable bonds is 3. The first kappa shape index (κ1) is 10.9. The molecule has 0 saturated carbocycles. The lowest BCUT2D eigenvalue weighted by Crippen LogP contribution is -2.07. The van der Waals surface area contributed by atoms with Crippen molar-refractivity contribution in [2.45, 2.75) is 13.5 Å². The highest BCUT2D eigenvalue weighted by molar-refractivity contribution is 7.73. The molecule has 0 bridgehead atoms. The van der Waals surface area contributed by atoms with Gasteiger partial charge in [-0.3, -0.25) is 9.36 Å². The zero-order valence-electron chi connectivity index (χ0n) is 7.48. The second-order valence-corrected chi connectivity index (χ2v) is 4.43. The molecule has 14 heavy (non-hydrogen) atoms. The Balaban J connectivity index is 3.25. The molecule has 1 rings (SSSR count). The lowest BCUT2D eigenvalue weighted by atomic mass is 10.3. The largest absolute Gasteiger partial charge is 0.493 e. The standard InChI is InChI=1S/C8H9NO3S2/c1-4(2)6-7(12)9(3-5(10)11)8(13)14-6/h12H,1,3H2,2H3,(H,10,11). The van der Waals surface area contributed by atoms with Crippen LogP contribution in [0.1, 0.15) is 11.8 Å². The van der Waals surface area contributed by atoms with E-state index in [4.69, 9.17) is 17.3 Å². The summed E-state index contributed by atoms with van der Waals surface area (Å²) in [5.74, 6) is -1.16. The van der Waals surface area contributed by atoms with E-state index in [2.05, 4.69) is 6.58 Å². The molecular weight excluding hydrogens is 222 g/mol. The maximum absolute atomic E-state index is 10.5. The number of carboxylic acids is 1. The van der Waals surface area contributed by atoms with Gasteiger partial charge in [-0.05, 0) is 24.7 Å². The number of aromatic hydroxyl groups is 1.